The summed E-state index contributed by atoms with van der Waals surface area (Å²) in [6.07, 6.45) is 0.810. The molecule has 0 aliphatic carbocycles. The van der Waals surface area contributed by atoms with Crippen LogP contribution in [0.3, 0.4) is 0 Å². The molecule has 1 N–H and O–H groups in total. The Hall–Kier alpha value is -2.38. The fourth-order valence-corrected chi connectivity index (χ4v) is 3.47. The summed E-state index contributed by atoms with van der Waals surface area (Å²) < 4.78 is 15.3. The van der Waals surface area contributed by atoms with Crippen LogP contribution >= 0.6 is 23.4 Å². The minimum absolute atomic E-state index is 0.176. The summed E-state index contributed by atoms with van der Waals surface area (Å²) in [5, 5.41) is 2.94. The van der Waals surface area contributed by atoms with Crippen molar-refractivity contribution in [1.82, 2.24) is 5.32 Å². The Bertz CT molecular complexity index is 801. The lowest BCUT2D eigenvalue weighted by Crippen LogP contribution is -2.29. The Morgan fingerprint density at radius 3 is 2.54 bits per heavy atom. The first-order valence-electron chi connectivity index (χ1n) is 8.58. The maximum Gasteiger partial charge on any atom is 0.338 e. The first-order chi connectivity index (χ1) is 13.5. The smallest absolute Gasteiger partial charge is 0.338 e. The molecule has 8 heteroatoms. The van der Waals surface area contributed by atoms with E-state index < -0.39 is 5.97 Å². The van der Waals surface area contributed by atoms with Crippen molar-refractivity contribution in [2.75, 3.05) is 33.1 Å². The highest BCUT2D eigenvalue weighted by Gasteiger charge is 2.17. The van der Waals surface area contributed by atoms with E-state index in [2.05, 4.69) is 5.32 Å². The third-order valence-electron chi connectivity index (χ3n) is 3.66. The molecule has 0 heterocycles. The van der Waals surface area contributed by atoms with Crippen LogP contribution in [0.25, 0.3) is 0 Å². The van der Waals surface area contributed by atoms with Crippen molar-refractivity contribution >= 4 is 35.2 Å². The molecule has 2 aromatic carbocycles. The topological polar surface area (TPSA) is 73.9 Å². The van der Waals surface area contributed by atoms with Crippen molar-refractivity contribution in [3.05, 3.63) is 53.1 Å². The van der Waals surface area contributed by atoms with Gasteiger partial charge in [-0.25, -0.2) is 4.79 Å². The van der Waals surface area contributed by atoms with Crippen LogP contribution in [-0.4, -0.2) is 45.0 Å². The number of methoxy groups -OCH3 is 2. The van der Waals surface area contributed by atoms with Crippen LogP contribution in [-0.2, 0) is 9.53 Å². The number of ether oxygens (including phenoxy) is 3. The Labute approximate surface area is 173 Å². The molecule has 0 unspecified atom stereocenters. The predicted octanol–water partition coefficient (Wildman–Crippen LogP) is 3.81. The SMILES string of the molecule is COc1cc(C(=O)OCC(=O)NCCCSc2ccccc2)cc(Cl)c1OC. The van der Waals surface area contributed by atoms with Gasteiger partial charge in [0.2, 0.25) is 0 Å². The fourth-order valence-electron chi connectivity index (χ4n) is 2.31. The summed E-state index contributed by atoms with van der Waals surface area (Å²) in [6.45, 7) is 0.148. The van der Waals surface area contributed by atoms with Gasteiger partial charge in [-0.1, -0.05) is 29.8 Å². The maximum absolute atomic E-state index is 12.1. The van der Waals surface area contributed by atoms with Gasteiger partial charge < -0.3 is 19.5 Å². The lowest BCUT2D eigenvalue weighted by molar-refractivity contribution is -0.124. The van der Waals surface area contributed by atoms with E-state index in [1.807, 2.05) is 30.3 Å². The fraction of sp³-hybridized carbons (Fsp3) is 0.300. The van der Waals surface area contributed by atoms with Crippen LogP contribution in [0.1, 0.15) is 16.8 Å². The van der Waals surface area contributed by atoms with E-state index in [4.69, 9.17) is 25.8 Å². The van der Waals surface area contributed by atoms with E-state index in [0.717, 1.165) is 12.2 Å². The quantitative estimate of drug-likeness (QED) is 0.356. The van der Waals surface area contributed by atoms with Crippen LogP contribution in [0.15, 0.2) is 47.4 Å². The number of amides is 1. The predicted molar refractivity (Wildman–Crippen MR) is 110 cm³/mol. The number of carbonyl (C=O) groups excluding carboxylic acids is 2. The molecule has 0 spiro atoms. The summed E-state index contributed by atoms with van der Waals surface area (Å²) in [5.74, 6) is 0.491. The summed E-state index contributed by atoms with van der Waals surface area (Å²) in [4.78, 5) is 25.2. The molecule has 0 aliphatic rings. The van der Waals surface area contributed by atoms with Crippen molar-refractivity contribution in [3.8, 4) is 11.5 Å². The molecule has 0 saturated heterocycles. The molecular formula is C20H22ClNO5S. The molecule has 1 amide bonds. The second-order valence-electron chi connectivity index (χ2n) is 5.63. The maximum atomic E-state index is 12.1. The number of hydrogen-bond donors (Lipinski definition) is 1. The number of benzene rings is 2. The Morgan fingerprint density at radius 1 is 1.11 bits per heavy atom. The zero-order chi connectivity index (χ0) is 20.4. The van der Waals surface area contributed by atoms with E-state index in [1.165, 1.54) is 31.2 Å². The largest absolute Gasteiger partial charge is 0.493 e. The van der Waals surface area contributed by atoms with Crippen molar-refractivity contribution in [2.45, 2.75) is 11.3 Å². The van der Waals surface area contributed by atoms with Gasteiger partial charge in [-0.3, -0.25) is 4.79 Å². The number of halogens is 1. The molecule has 2 aromatic rings. The van der Waals surface area contributed by atoms with E-state index in [0.29, 0.717) is 18.0 Å². The Balaban J connectivity index is 1.72. The number of carbonyl (C=O) groups is 2. The van der Waals surface area contributed by atoms with Crippen LogP contribution in [0.5, 0.6) is 11.5 Å². The first kappa shape index (κ1) is 21.9. The third kappa shape index (κ3) is 6.65. The Kier molecular flexibility index (Phi) is 8.97. The van der Waals surface area contributed by atoms with E-state index in [1.54, 1.807) is 11.8 Å². The lowest BCUT2D eigenvalue weighted by atomic mass is 10.2. The lowest BCUT2D eigenvalue weighted by Gasteiger charge is -2.11. The van der Waals surface area contributed by atoms with Crippen molar-refractivity contribution < 1.29 is 23.8 Å². The molecule has 0 radical (unpaired) electrons. The summed E-state index contributed by atoms with van der Waals surface area (Å²) in [5.41, 5.74) is 0.176. The van der Waals surface area contributed by atoms with Gasteiger partial charge in [0.05, 0.1) is 24.8 Å². The molecule has 28 heavy (non-hydrogen) atoms. The second-order valence-corrected chi connectivity index (χ2v) is 7.21. The summed E-state index contributed by atoms with van der Waals surface area (Å²) >= 11 is 7.79. The second kappa shape index (κ2) is 11.5. The highest BCUT2D eigenvalue weighted by Crippen LogP contribution is 2.36. The molecular weight excluding hydrogens is 402 g/mol. The third-order valence-corrected chi connectivity index (χ3v) is 5.04. The van der Waals surface area contributed by atoms with Gasteiger partial charge in [-0.05, 0) is 36.4 Å². The average Bonchev–Trinajstić information content (AvgIpc) is 2.71. The highest BCUT2D eigenvalue weighted by molar-refractivity contribution is 7.99. The normalized spacial score (nSPS) is 10.2. The minimum atomic E-state index is -0.669. The monoisotopic (exact) mass is 423 g/mol. The molecule has 2 rings (SSSR count). The number of rotatable bonds is 10. The minimum Gasteiger partial charge on any atom is -0.493 e. The molecule has 0 aromatic heterocycles. The van der Waals surface area contributed by atoms with Gasteiger partial charge >= 0.3 is 5.97 Å². The molecule has 0 atom stereocenters. The highest BCUT2D eigenvalue weighted by atomic mass is 35.5. The molecule has 150 valence electrons. The molecule has 0 bridgehead atoms. The van der Waals surface area contributed by atoms with Gasteiger partial charge in [-0.2, -0.15) is 0 Å². The summed E-state index contributed by atoms with van der Waals surface area (Å²) in [6, 6.07) is 12.9. The van der Waals surface area contributed by atoms with Crippen LogP contribution in [0, 0.1) is 0 Å². The molecule has 0 aliphatic heterocycles. The number of esters is 1. The average molecular weight is 424 g/mol. The molecule has 6 nitrogen and oxygen atoms in total. The van der Waals surface area contributed by atoms with Gasteiger partial charge in [-0.15, -0.1) is 11.8 Å². The Morgan fingerprint density at radius 2 is 1.86 bits per heavy atom. The van der Waals surface area contributed by atoms with Crippen molar-refractivity contribution in [3.63, 3.8) is 0 Å². The van der Waals surface area contributed by atoms with Gasteiger partial charge in [0.15, 0.2) is 18.1 Å². The number of nitrogens with one attached hydrogen (secondary N) is 1. The standard InChI is InChI=1S/C20H22ClNO5S/c1-25-17-12-14(11-16(21)19(17)26-2)20(24)27-13-18(23)22-9-6-10-28-15-7-4-3-5-8-15/h3-5,7-8,11-12H,6,9-10,13H2,1-2H3,(H,22,23). The molecule has 0 fully saturated rings. The molecule has 0 saturated carbocycles. The van der Waals surface area contributed by atoms with Crippen molar-refractivity contribution in [2.24, 2.45) is 0 Å². The van der Waals surface area contributed by atoms with Gasteiger partial charge in [0, 0.05) is 11.4 Å². The first-order valence-corrected chi connectivity index (χ1v) is 9.94. The van der Waals surface area contributed by atoms with Crippen molar-refractivity contribution in [1.29, 1.82) is 0 Å². The summed E-state index contributed by atoms with van der Waals surface area (Å²) in [7, 11) is 2.89. The zero-order valence-electron chi connectivity index (χ0n) is 15.7. The van der Waals surface area contributed by atoms with E-state index >= 15 is 0 Å². The zero-order valence-corrected chi connectivity index (χ0v) is 17.3. The van der Waals surface area contributed by atoms with Gasteiger partial charge in [0.1, 0.15) is 0 Å². The van der Waals surface area contributed by atoms with E-state index in [-0.39, 0.29) is 23.1 Å². The van der Waals surface area contributed by atoms with Crippen LogP contribution in [0.4, 0.5) is 0 Å². The van der Waals surface area contributed by atoms with Crippen LogP contribution in [0.2, 0.25) is 5.02 Å². The number of thioether (sulfide) groups is 1. The number of hydrogen-bond acceptors (Lipinski definition) is 6. The van der Waals surface area contributed by atoms with Gasteiger partial charge in [0.25, 0.3) is 5.91 Å². The van der Waals surface area contributed by atoms with Crippen LogP contribution < -0.4 is 14.8 Å². The van der Waals surface area contributed by atoms with E-state index in [9.17, 15) is 9.59 Å².